The van der Waals surface area contributed by atoms with E-state index in [1.165, 1.54) is 6.26 Å². The molecule has 3 aliphatic rings. The van der Waals surface area contributed by atoms with Crippen LogP contribution in [0.2, 0.25) is 0 Å². The van der Waals surface area contributed by atoms with Crippen molar-refractivity contribution in [3.05, 3.63) is 57.6 Å². The van der Waals surface area contributed by atoms with Crippen molar-refractivity contribution in [2.75, 3.05) is 13.2 Å². The summed E-state index contributed by atoms with van der Waals surface area (Å²) in [7, 11) is 0. The van der Waals surface area contributed by atoms with Crippen LogP contribution in [0.3, 0.4) is 0 Å². The molecule has 2 aromatic rings. The number of benzene rings is 1. The normalized spacial score (nSPS) is 25.6. The molecule has 0 unspecified atom stereocenters. The van der Waals surface area contributed by atoms with Gasteiger partial charge in [0.2, 0.25) is 0 Å². The van der Waals surface area contributed by atoms with E-state index in [0.717, 1.165) is 25.0 Å². The third kappa shape index (κ3) is 3.60. The lowest BCUT2D eigenvalue weighted by Crippen LogP contribution is -2.40. The van der Waals surface area contributed by atoms with Crippen LogP contribution < -0.4 is 5.43 Å². The molecular formula is C25H25NO6. The van der Waals surface area contributed by atoms with Crippen LogP contribution in [0.15, 0.2) is 56.0 Å². The van der Waals surface area contributed by atoms with Gasteiger partial charge in [-0.05, 0) is 44.7 Å². The van der Waals surface area contributed by atoms with Gasteiger partial charge in [-0.2, -0.15) is 0 Å². The van der Waals surface area contributed by atoms with Crippen molar-refractivity contribution in [2.45, 2.75) is 51.0 Å². The van der Waals surface area contributed by atoms with Crippen molar-refractivity contribution >= 4 is 28.4 Å². The second-order valence-electron chi connectivity index (χ2n) is 8.63. The van der Waals surface area contributed by atoms with Crippen molar-refractivity contribution in [1.82, 2.24) is 0 Å². The maximum Gasteiger partial charge on any atom is 0.336 e. The van der Waals surface area contributed by atoms with Gasteiger partial charge in [-0.1, -0.05) is 12.1 Å². The zero-order chi connectivity index (χ0) is 22.2. The SMILES string of the molecule is CC1=C(C(=O)OC[C@@H]2CCCO2)[C@H](c2coc3ccccc3c2=O)[C@H]2C(=O)CCCC2=N1. The monoisotopic (exact) mass is 435 g/mol. The Bertz CT molecular complexity index is 1200. The van der Waals surface area contributed by atoms with E-state index in [2.05, 4.69) is 4.99 Å². The molecule has 0 amide bonds. The molecule has 166 valence electrons. The summed E-state index contributed by atoms with van der Waals surface area (Å²) in [5.41, 5.74) is 1.99. The third-order valence-electron chi connectivity index (χ3n) is 6.59. The van der Waals surface area contributed by atoms with Crippen LogP contribution in [0.25, 0.3) is 11.0 Å². The second kappa shape index (κ2) is 8.47. The average molecular weight is 435 g/mol. The quantitative estimate of drug-likeness (QED) is 0.680. The van der Waals surface area contributed by atoms with Crippen molar-refractivity contribution < 1.29 is 23.5 Å². The molecule has 5 rings (SSSR count). The number of hydrogen-bond donors (Lipinski definition) is 0. The fraction of sp³-hybridized carbons (Fsp3) is 0.440. The van der Waals surface area contributed by atoms with Crippen molar-refractivity contribution in [3.8, 4) is 0 Å². The number of fused-ring (bicyclic) bond motifs is 2. The van der Waals surface area contributed by atoms with Gasteiger partial charge in [-0.15, -0.1) is 0 Å². The molecule has 0 spiro atoms. The predicted molar refractivity (Wildman–Crippen MR) is 118 cm³/mol. The first-order chi connectivity index (χ1) is 15.5. The zero-order valence-corrected chi connectivity index (χ0v) is 18.0. The number of rotatable bonds is 4. The summed E-state index contributed by atoms with van der Waals surface area (Å²) < 4.78 is 16.9. The second-order valence-corrected chi connectivity index (χ2v) is 8.63. The summed E-state index contributed by atoms with van der Waals surface area (Å²) in [5, 5.41) is 0.419. The van der Waals surface area contributed by atoms with Gasteiger partial charge in [0.1, 0.15) is 18.0 Å². The Morgan fingerprint density at radius 1 is 1.16 bits per heavy atom. The van der Waals surface area contributed by atoms with E-state index in [1.54, 1.807) is 31.2 Å². The van der Waals surface area contributed by atoms with Gasteiger partial charge < -0.3 is 13.9 Å². The first-order valence-corrected chi connectivity index (χ1v) is 11.1. The van der Waals surface area contributed by atoms with E-state index in [-0.39, 0.29) is 29.5 Å². The van der Waals surface area contributed by atoms with Crippen molar-refractivity contribution in [1.29, 1.82) is 0 Å². The smallest absolute Gasteiger partial charge is 0.336 e. The number of esters is 1. The molecule has 1 aromatic carbocycles. The number of carbonyl (C=O) groups is 2. The van der Waals surface area contributed by atoms with Gasteiger partial charge in [-0.25, -0.2) is 4.79 Å². The lowest BCUT2D eigenvalue weighted by molar-refractivity contribution is -0.142. The zero-order valence-electron chi connectivity index (χ0n) is 18.0. The molecule has 1 aromatic heterocycles. The number of carbonyl (C=O) groups excluding carboxylic acids is 2. The Kier molecular flexibility index (Phi) is 5.51. The molecule has 2 aliphatic heterocycles. The van der Waals surface area contributed by atoms with E-state index in [4.69, 9.17) is 13.9 Å². The lowest BCUT2D eigenvalue weighted by atomic mass is 9.69. The Balaban J connectivity index is 1.60. The number of ketones is 1. The maximum atomic E-state index is 13.4. The summed E-state index contributed by atoms with van der Waals surface area (Å²) in [6, 6.07) is 6.97. The lowest BCUT2D eigenvalue weighted by Gasteiger charge is -2.35. The van der Waals surface area contributed by atoms with Crippen LogP contribution in [-0.2, 0) is 19.1 Å². The summed E-state index contributed by atoms with van der Waals surface area (Å²) in [5.74, 6) is -1.99. The summed E-state index contributed by atoms with van der Waals surface area (Å²) in [4.78, 5) is 44.3. The number of Topliss-reactive ketones (excluding diaryl/α,β-unsaturated/α-hetero) is 1. The van der Waals surface area contributed by atoms with Gasteiger partial charge >= 0.3 is 5.97 Å². The highest BCUT2D eigenvalue weighted by Gasteiger charge is 2.45. The third-order valence-corrected chi connectivity index (χ3v) is 6.59. The molecule has 0 N–H and O–H groups in total. The van der Waals surface area contributed by atoms with Gasteiger partial charge in [0.05, 0.1) is 29.2 Å². The first kappa shape index (κ1) is 20.8. The minimum Gasteiger partial charge on any atom is -0.464 e. The number of aliphatic imine (C=N–C) groups is 1. The summed E-state index contributed by atoms with van der Waals surface area (Å²) in [6.45, 7) is 2.54. The van der Waals surface area contributed by atoms with Gasteiger partial charge in [0.15, 0.2) is 5.43 Å². The standard InChI is InChI=1S/C25H25NO6/c1-14-21(25(29)32-12-15-6-5-11-30-15)22(23-18(26-14)8-4-9-19(23)27)17-13-31-20-10-3-2-7-16(20)24(17)28/h2-3,7,10,13,15,22-23H,4-6,8-9,11-12H2,1H3/t15-,22-,23+/m0/s1. The Morgan fingerprint density at radius 3 is 2.81 bits per heavy atom. The van der Waals surface area contributed by atoms with Gasteiger partial charge in [-0.3, -0.25) is 14.6 Å². The van der Waals surface area contributed by atoms with Crippen LogP contribution in [0.1, 0.15) is 50.5 Å². The molecule has 1 aliphatic carbocycles. The molecule has 1 saturated heterocycles. The molecule has 0 radical (unpaired) electrons. The number of hydrogen-bond acceptors (Lipinski definition) is 7. The molecule has 1 saturated carbocycles. The average Bonchev–Trinajstić information content (AvgIpc) is 3.31. The fourth-order valence-corrected chi connectivity index (χ4v) is 5.05. The Morgan fingerprint density at radius 2 is 2.00 bits per heavy atom. The molecule has 3 heterocycles. The minimum atomic E-state index is -0.770. The van der Waals surface area contributed by atoms with E-state index in [1.807, 2.05) is 0 Å². The Hall–Kier alpha value is -3.06. The number of allylic oxidation sites excluding steroid dienone is 1. The predicted octanol–water partition coefficient (Wildman–Crippen LogP) is 3.70. The van der Waals surface area contributed by atoms with Crippen LogP contribution in [0.4, 0.5) is 0 Å². The van der Waals surface area contributed by atoms with Crippen LogP contribution in [0.5, 0.6) is 0 Å². The molecule has 32 heavy (non-hydrogen) atoms. The van der Waals surface area contributed by atoms with E-state index < -0.39 is 17.8 Å². The van der Waals surface area contributed by atoms with Crippen molar-refractivity contribution in [2.24, 2.45) is 10.9 Å². The number of ether oxygens (including phenoxy) is 2. The molecular weight excluding hydrogens is 410 g/mol. The number of nitrogens with zero attached hydrogens (tertiary/aromatic N) is 1. The van der Waals surface area contributed by atoms with E-state index >= 15 is 0 Å². The first-order valence-electron chi connectivity index (χ1n) is 11.1. The van der Waals surface area contributed by atoms with Gasteiger partial charge in [0, 0.05) is 35.9 Å². The van der Waals surface area contributed by atoms with Crippen LogP contribution in [-0.4, -0.2) is 36.8 Å². The van der Waals surface area contributed by atoms with Crippen LogP contribution in [0, 0.1) is 5.92 Å². The molecule has 7 heteroatoms. The van der Waals surface area contributed by atoms with E-state index in [9.17, 15) is 14.4 Å². The number of para-hydroxylation sites is 1. The van der Waals surface area contributed by atoms with Gasteiger partial charge in [0.25, 0.3) is 0 Å². The molecule has 0 bridgehead atoms. The Labute approximate surface area is 185 Å². The molecule has 2 fully saturated rings. The fourth-order valence-electron chi connectivity index (χ4n) is 5.05. The summed E-state index contributed by atoms with van der Waals surface area (Å²) in [6.07, 6.45) is 4.84. The van der Waals surface area contributed by atoms with Crippen molar-refractivity contribution in [3.63, 3.8) is 0 Å². The minimum absolute atomic E-state index is 0.00974. The van der Waals surface area contributed by atoms with E-state index in [0.29, 0.717) is 41.7 Å². The van der Waals surface area contributed by atoms with Crippen LogP contribution >= 0.6 is 0 Å². The largest absolute Gasteiger partial charge is 0.464 e. The highest BCUT2D eigenvalue weighted by molar-refractivity contribution is 6.11. The highest BCUT2D eigenvalue weighted by atomic mass is 16.6. The molecule has 7 nitrogen and oxygen atoms in total. The summed E-state index contributed by atoms with van der Waals surface area (Å²) >= 11 is 0. The highest BCUT2D eigenvalue weighted by Crippen LogP contribution is 2.42. The topological polar surface area (TPSA) is 95.2 Å². The molecule has 3 atom stereocenters. The maximum absolute atomic E-state index is 13.4.